The van der Waals surface area contributed by atoms with Crippen LogP contribution in [0.2, 0.25) is 0 Å². The van der Waals surface area contributed by atoms with Gasteiger partial charge in [0.1, 0.15) is 5.83 Å². The van der Waals surface area contributed by atoms with Crippen LogP contribution >= 0.6 is 0 Å². The topological polar surface area (TPSA) is 46.3 Å². The number of hydrogen-bond donors (Lipinski definition) is 1. The molecule has 0 aliphatic carbocycles. The quantitative estimate of drug-likeness (QED) is 0.863. The first kappa shape index (κ1) is 10.6. The monoisotopic (exact) mass is 219 g/mol. The van der Waals surface area contributed by atoms with Gasteiger partial charge in [0, 0.05) is 11.1 Å². The molecule has 0 spiro atoms. The Hall–Kier alpha value is -1.94. The minimum absolute atomic E-state index is 0.310. The molecule has 0 fully saturated rings. The van der Waals surface area contributed by atoms with Crippen molar-refractivity contribution in [2.75, 3.05) is 6.61 Å². The fourth-order valence-corrected chi connectivity index (χ4v) is 1.35. The average molecular weight is 219 g/mol. The van der Waals surface area contributed by atoms with Crippen LogP contribution in [0.1, 0.15) is 5.56 Å². The van der Waals surface area contributed by atoms with Crippen LogP contribution in [0.3, 0.4) is 0 Å². The van der Waals surface area contributed by atoms with Crippen LogP contribution in [-0.2, 0) is 0 Å². The van der Waals surface area contributed by atoms with Gasteiger partial charge in [0.25, 0.3) is 0 Å². The number of aliphatic hydroxyl groups excluding tert-OH is 1. The van der Waals surface area contributed by atoms with Gasteiger partial charge < -0.3 is 9.52 Å². The molecule has 1 N–H and O–H groups in total. The maximum Gasteiger partial charge on any atom is 0.181 e. The Balaban J connectivity index is 2.26. The van der Waals surface area contributed by atoms with E-state index in [0.29, 0.717) is 11.3 Å². The van der Waals surface area contributed by atoms with Crippen LogP contribution in [0.25, 0.3) is 17.2 Å². The number of hydrogen-bond acceptors (Lipinski definition) is 3. The molecule has 0 radical (unpaired) electrons. The molecule has 0 aliphatic rings. The van der Waals surface area contributed by atoms with E-state index in [-0.39, 0.29) is 6.61 Å². The second-order valence-corrected chi connectivity index (χ2v) is 3.18. The zero-order chi connectivity index (χ0) is 11.4. The van der Waals surface area contributed by atoms with Crippen LogP contribution in [0.4, 0.5) is 4.39 Å². The molecule has 2 aromatic rings. The highest BCUT2D eigenvalue weighted by molar-refractivity contribution is 5.64. The number of nitrogens with zero attached hydrogens (tertiary/aromatic N) is 1. The molecule has 3 nitrogen and oxygen atoms in total. The zero-order valence-corrected chi connectivity index (χ0v) is 8.43. The SMILES string of the molecule is OCC=C(F)c1ccc(-c2cnco2)cc1. The Morgan fingerprint density at radius 3 is 2.69 bits per heavy atom. The van der Waals surface area contributed by atoms with Crippen molar-refractivity contribution in [2.45, 2.75) is 0 Å². The predicted octanol–water partition coefficient (Wildman–Crippen LogP) is 2.64. The highest BCUT2D eigenvalue weighted by Crippen LogP contribution is 2.22. The van der Waals surface area contributed by atoms with Gasteiger partial charge in [-0.3, -0.25) is 0 Å². The molecule has 0 atom stereocenters. The largest absolute Gasteiger partial charge is 0.444 e. The first-order valence-corrected chi connectivity index (χ1v) is 4.77. The minimum Gasteiger partial charge on any atom is -0.444 e. The molecule has 4 heteroatoms. The minimum atomic E-state index is -0.438. The molecule has 0 saturated heterocycles. The fourth-order valence-electron chi connectivity index (χ4n) is 1.35. The third-order valence-corrected chi connectivity index (χ3v) is 2.15. The first-order valence-electron chi connectivity index (χ1n) is 4.77. The number of halogens is 1. The maximum atomic E-state index is 13.3. The van der Waals surface area contributed by atoms with E-state index in [2.05, 4.69) is 4.98 Å². The van der Waals surface area contributed by atoms with Gasteiger partial charge in [-0.05, 0) is 6.08 Å². The Labute approximate surface area is 91.9 Å². The molecular formula is C12H10FNO2. The van der Waals surface area contributed by atoms with Crippen LogP contribution in [0.5, 0.6) is 0 Å². The summed E-state index contributed by atoms with van der Waals surface area (Å²) < 4.78 is 18.4. The highest BCUT2D eigenvalue weighted by Gasteiger charge is 2.03. The summed E-state index contributed by atoms with van der Waals surface area (Å²) >= 11 is 0. The Bertz CT molecular complexity index is 474. The normalized spacial score (nSPS) is 11.8. The fraction of sp³-hybridized carbons (Fsp3) is 0.0833. The number of aromatic nitrogens is 1. The molecule has 1 heterocycles. The van der Waals surface area contributed by atoms with Gasteiger partial charge in [0.05, 0.1) is 12.8 Å². The summed E-state index contributed by atoms with van der Waals surface area (Å²) in [6.45, 7) is -0.310. The summed E-state index contributed by atoms with van der Waals surface area (Å²) in [6, 6.07) is 6.72. The first-order chi connectivity index (χ1) is 7.81. The Morgan fingerprint density at radius 2 is 2.12 bits per heavy atom. The van der Waals surface area contributed by atoms with E-state index in [1.807, 2.05) is 0 Å². The van der Waals surface area contributed by atoms with Crippen LogP contribution in [0, 0.1) is 0 Å². The molecule has 1 aromatic heterocycles. The number of benzene rings is 1. The molecule has 0 saturated carbocycles. The second-order valence-electron chi connectivity index (χ2n) is 3.18. The third-order valence-electron chi connectivity index (χ3n) is 2.15. The van der Waals surface area contributed by atoms with Crippen molar-refractivity contribution in [1.29, 1.82) is 0 Å². The van der Waals surface area contributed by atoms with Crippen molar-refractivity contribution in [2.24, 2.45) is 0 Å². The van der Waals surface area contributed by atoms with E-state index in [9.17, 15) is 4.39 Å². The van der Waals surface area contributed by atoms with Crippen molar-refractivity contribution >= 4 is 5.83 Å². The maximum absolute atomic E-state index is 13.3. The lowest BCUT2D eigenvalue weighted by molar-refractivity contribution is 0.342. The summed E-state index contributed by atoms with van der Waals surface area (Å²) in [5.74, 6) is 0.199. The summed E-state index contributed by atoms with van der Waals surface area (Å²) in [5, 5.41) is 8.56. The molecule has 0 bridgehead atoms. The number of oxazole rings is 1. The van der Waals surface area contributed by atoms with Gasteiger partial charge in [0.15, 0.2) is 12.2 Å². The van der Waals surface area contributed by atoms with E-state index in [0.717, 1.165) is 11.6 Å². The summed E-state index contributed by atoms with van der Waals surface area (Å²) in [6.07, 6.45) is 4.05. The van der Waals surface area contributed by atoms with Gasteiger partial charge in [-0.1, -0.05) is 24.3 Å². The lowest BCUT2D eigenvalue weighted by atomic mass is 10.1. The summed E-state index contributed by atoms with van der Waals surface area (Å²) in [7, 11) is 0. The molecule has 2 rings (SSSR count). The van der Waals surface area contributed by atoms with Crippen LogP contribution in [0.15, 0.2) is 47.3 Å². The predicted molar refractivity (Wildman–Crippen MR) is 58.1 cm³/mol. The molecule has 0 aliphatic heterocycles. The van der Waals surface area contributed by atoms with Crippen molar-refractivity contribution < 1.29 is 13.9 Å². The molecule has 0 unspecified atom stereocenters. The van der Waals surface area contributed by atoms with Crippen molar-refractivity contribution in [3.05, 3.63) is 48.5 Å². The lowest BCUT2D eigenvalue weighted by Crippen LogP contribution is -1.82. The smallest absolute Gasteiger partial charge is 0.181 e. The summed E-state index contributed by atoms with van der Waals surface area (Å²) in [5.41, 5.74) is 1.26. The third kappa shape index (κ3) is 2.17. The van der Waals surface area contributed by atoms with E-state index >= 15 is 0 Å². The highest BCUT2D eigenvalue weighted by atomic mass is 19.1. The van der Waals surface area contributed by atoms with Gasteiger partial charge in [0.2, 0.25) is 0 Å². The van der Waals surface area contributed by atoms with Gasteiger partial charge in [-0.25, -0.2) is 9.37 Å². The number of rotatable bonds is 3. The number of aliphatic hydroxyl groups is 1. The standard InChI is InChI=1S/C12H10FNO2/c13-11(5-6-15)9-1-3-10(4-2-9)12-7-14-8-16-12/h1-5,7-8,15H,6H2. The van der Waals surface area contributed by atoms with Crippen molar-refractivity contribution in [3.63, 3.8) is 0 Å². The van der Waals surface area contributed by atoms with E-state index in [4.69, 9.17) is 9.52 Å². The average Bonchev–Trinajstić information content (AvgIpc) is 2.83. The van der Waals surface area contributed by atoms with E-state index in [1.165, 1.54) is 6.39 Å². The Kier molecular flexibility index (Phi) is 3.12. The van der Waals surface area contributed by atoms with Gasteiger partial charge in [-0.15, -0.1) is 0 Å². The second kappa shape index (κ2) is 4.72. The zero-order valence-electron chi connectivity index (χ0n) is 8.43. The Morgan fingerprint density at radius 1 is 1.38 bits per heavy atom. The van der Waals surface area contributed by atoms with Gasteiger partial charge >= 0.3 is 0 Å². The molecule has 0 amide bonds. The summed E-state index contributed by atoms with van der Waals surface area (Å²) in [4.78, 5) is 3.80. The molecule has 82 valence electrons. The lowest BCUT2D eigenvalue weighted by Gasteiger charge is -1.99. The van der Waals surface area contributed by atoms with Crippen LogP contribution in [-0.4, -0.2) is 16.7 Å². The van der Waals surface area contributed by atoms with Crippen LogP contribution < -0.4 is 0 Å². The molecular weight excluding hydrogens is 209 g/mol. The molecule has 1 aromatic carbocycles. The molecule has 16 heavy (non-hydrogen) atoms. The van der Waals surface area contributed by atoms with Gasteiger partial charge in [-0.2, -0.15) is 0 Å². The van der Waals surface area contributed by atoms with Crippen molar-refractivity contribution in [1.82, 2.24) is 4.98 Å². The van der Waals surface area contributed by atoms with E-state index < -0.39 is 5.83 Å². The van der Waals surface area contributed by atoms with Crippen molar-refractivity contribution in [3.8, 4) is 11.3 Å². The van der Waals surface area contributed by atoms with E-state index in [1.54, 1.807) is 30.5 Å².